The Morgan fingerprint density at radius 2 is 2.06 bits per heavy atom. The molecule has 0 atom stereocenters. The summed E-state index contributed by atoms with van der Waals surface area (Å²) in [5.74, 6) is -1.36. The normalized spacial score (nSPS) is 16.3. The van der Waals surface area contributed by atoms with Gasteiger partial charge in [0.1, 0.15) is 5.54 Å². The van der Waals surface area contributed by atoms with Crippen LogP contribution in [0.1, 0.15) is 28.8 Å². The van der Waals surface area contributed by atoms with Gasteiger partial charge < -0.3 is 16.2 Å². The molecule has 5 heteroatoms. The number of benzene rings is 1. The van der Waals surface area contributed by atoms with E-state index in [1.807, 2.05) is 0 Å². The number of carboxylic acid groups (broad SMARTS) is 1. The number of nitrogens with one attached hydrogen (secondary N) is 1. The summed E-state index contributed by atoms with van der Waals surface area (Å²) in [7, 11) is 0. The Hall–Kier alpha value is -2.04. The molecule has 0 saturated heterocycles. The Labute approximate surface area is 98.6 Å². The van der Waals surface area contributed by atoms with Crippen LogP contribution in [0.15, 0.2) is 18.2 Å². The summed E-state index contributed by atoms with van der Waals surface area (Å²) in [6, 6.07) is 5.02. The predicted molar refractivity (Wildman–Crippen MR) is 62.7 cm³/mol. The molecule has 17 heavy (non-hydrogen) atoms. The van der Waals surface area contributed by atoms with Crippen LogP contribution >= 0.6 is 0 Å². The van der Waals surface area contributed by atoms with Gasteiger partial charge in [-0.3, -0.25) is 4.79 Å². The fourth-order valence-electron chi connectivity index (χ4n) is 1.70. The van der Waals surface area contributed by atoms with E-state index in [0.717, 1.165) is 0 Å². The summed E-state index contributed by atoms with van der Waals surface area (Å²) in [6.07, 6.45) is 0.963. The fourth-order valence-corrected chi connectivity index (χ4v) is 1.70. The summed E-state index contributed by atoms with van der Waals surface area (Å²) in [5.41, 5.74) is 6.27. The lowest BCUT2D eigenvalue weighted by Crippen LogP contribution is -2.43. The Balaban J connectivity index is 2.21. The molecule has 0 aliphatic heterocycles. The first-order valence-corrected chi connectivity index (χ1v) is 5.37. The van der Waals surface area contributed by atoms with Gasteiger partial charge in [-0.05, 0) is 37.5 Å². The van der Waals surface area contributed by atoms with Gasteiger partial charge in [-0.25, -0.2) is 4.79 Å². The molecule has 1 aromatic rings. The maximum Gasteiger partial charge on any atom is 0.329 e. The van der Waals surface area contributed by atoms with Crippen LogP contribution in [0.5, 0.6) is 0 Å². The molecular weight excluding hydrogens is 220 g/mol. The number of nitrogens with two attached hydrogens (primary N) is 1. The molecule has 0 aromatic heterocycles. The number of amides is 1. The largest absolute Gasteiger partial charge is 0.480 e. The highest BCUT2D eigenvalue weighted by molar-refractivity contribution is 6.00. The van der Waals surface area contributed by atoms with Crippen molar-refractivity contribution < 1.29 is 14.7 Å². The van der Waals surface area contributed by atoms with Crippen LogP contribution in [0, 0.1) is 6.92 Å². The van der Waals surface area contributed by atoms with Crippen molar-refractivity contribution in [3.8, 4) is 0 Å². The molecule has 1 amide bonds. The van der Waals surface area contributed by atoms with Crippen LogP contribution in [-0.2, 0) is 4.79 Å². The SMILES string of the molecule is Cc1c(N)cccc1C(=O)NC1(C(=O)O)CC1. The topological polar surface area (TPSA) is 92.4 Å². The van der Waals surface area contributed by atoms with Crippen molar-refractivity contribution in [1.82, 2.24) is 5.32 Å². The predicted octanol–water partition coefficient (Wildman–Crippen LogP) is 0.924. The average Bonchev–Trinajstić information content (AvgIpc) is 3.03. The van der Waals surface area contributed by atoms with E-state index in [-0.39, 0.29) is 5.91 Å². The van der Waals surface area contributed by atoms with Gasteiger partial charge in [-0.2, -0.15) is 0 Å². The first-order chi connectivity index (χ1) is 7.96. The van der Waals surface area contributed by atoms with Crippen molar-refractivity contribution in [3.63, 3.8) is 0 Å². The standard InChI is InChI=1S/C12H14N2O3/c1-7-8(3-2-4-9(7)13)10(15)14-12(5-6-12)11(16)17/h2-4H,5-6,13H2,1H3,(H,14,15)(H,16,17). The summed E-state index contributed by atoms with van der Waals surface area (Å²) in [5, 5.41) is 11.5. The van der Waals surface area contributed by atoms with Crippen molar-refractivity contribution in [3.05, 3.63) is 29.3 Å². The van der Waals surface area contributed by atoms with Gasteiger partial charge >= 0.3 is 5.97 Å². The first-order valence-electron chi connectivity index (χ1n) is 5.37. The number of aliphatic carboxylic acids is 1. The molecule has 1 aliphatic rings. The minimum Gasteiger partial charge on any atom is -0.480 e. The van der Waals surface area contributed by atoms with Gasteiger partial charge in [0.2, 0.25) is 0 Å². The molecule has 0 heterocycles. The molecule has 1 aromatic carbocycles. The zero-order valence-electron chi connectivity index (χ0n) is 9.49. The molecule has 2 rings (SSSR count). The maximum atomic E-state index is 11.9. The molecule has 4 N–H and O–H groups in total. The highest BCUT2D eigenvalue weighted by atomic mass is 16.4. The van der Waals surface area contributed by atoms with E-state index < -0.39 is 11.5 Å². The lowest BCUT2D eigenvalue weighted by Gasteiger charge is -2.14. The third-order valence-electron chi connectivity index (χ3n) is 3.13. The Morgan fingerprint density at radius 1 is 1.41 bits per heavy atom. The molecule has 5 nitrogen and oxygen atoms in total. The van der Waals surface area contributed by atoms with Crippen molar-refractivity contribution in [2.24, 2.45) is 0 Å². The van der Waals surface area contributed by atoms with E-state index >= 15 is 0 Å². The van der Waals surface area contributed by atoms with Crippen LogP contribution in [-0.4, -0.2) is 22.5 Å². The van der Waals surface area contributed by atoms with Gasteiger partial charge in [0, 0.05) is 11.3 Å². The highest BCUT2D eigenvalue weighted by Gasteiger charge is 2.51. The number of carbonyl (C=O) groups is 2. The number of carbonyl (C=O) groups excluding carboxylic acids is 1. The van der Waals surface area contributed by atoms with Gasteiger partial charge in [0.15, 0.2) is 0 Å². The third-order valence-corrected chi connectivity index (χ3v) is 3.13. The minimum absolute atomic E-state index is 0.380. The van der Waals surface area contributed by atoms with Crippen LogP contribution in [0.2, 0.25) is 0 Å². The molecule has 90 valence electrons. The zero-order chi connectivity index (χ0) is 12.6. The van der Waals surface area contributed by atoms with Gasteiger partial charge in [-0.15, -0.1) is 0 Å². The second kappa shape index (κ2) is 3.76. The fraction of sp³-hybridized carbons (Fsp3) is 0.333. The number of anilines is 1. The number of hydrogen-bond acceptors (Lipinski definition) is 3. The number of rotatable bonds is 3. The van der Waals surface area contributed by atoms with Gasteiger partial charge in [-0.1, -0.05) is 6.07 Å². The summed E-state index contributed by atoms with van der Waals surface area (Å²) >= 11 is 0. The zero-order valence-corrected chi connectivity index (χ0v) is 9.49. The van der Waals surface area contributed by atoms with Crippen molar-refractivity contribution >= 4 is 17.6 Å². The first kappa shape index (κ1) is 11.4. The molecule has 1 saturated carbocycles. The van der Waals surface area contributed by atoms with Crippen LogP contribution in [0.25, 0.3) is 0 Å². The number of nitrogen functional groups attached to an aromatic ring is 1. The van der Waals surface area contributed by atoms with E-state index in [4.69, 9.17) is 10.8 Å². The summed E-state index contributed by atoms with van der Waals surface area (Å²) < 4.78 is 0. The van der Waals surface area contributed by atoms with Gasteiger partial charge in [0.25, 0.3) is 5.91 Å². The average molecular weight is 234 g/mol. The lowest BCUT2D eigenvalue weighted by atomic mass is 10.1. The molecule has 0 unspecified atom stereocenters. The lowest BCUT2D eigenvalue weighted by molar-refractivity contribution is -0.140. The van der Waals surface area contributed by atoms with Crippen molar-refractivity contribution in [2.75, 3.05) is 5.73 Å². The van der Waals surface area contributed by atoms with Crippen LogP contribution in [0.3, 0.4) is 0 Å². The smallest absolute Gasteiger partial charge is 0.329 e. The van der Waals surface area contributed by atoms with Crippen molar-refractivity contribution in [1.29, 1.82) is 0 Å². The van der Waals surface area contributed by atoms with E-state index in [1.165, 1.54) is 0 Å². The minimum atomic E-state index is -1.06. The molecule has 0 radical (unpaired) electrons. The van der Waals surface area contributed by atoms with Crippen LogP contribution in [0.4, 0.5) is 5.69 Å². The Morgan fingerprint density at radius 3 is 2.59 bits per heavy atom. The van der Waals surface area contributed by atoms with Crippen molar-refractivity contribution in [2.45, 2.75) is 25.3 Å². The Kier molecular flexibility index (Phi) is 2.53. The van der Waals surface area contributed by atoms with E-state index in [0.29, 0.717) is 29.7 Å². The van der Waals surface area contributed by atoms with E-state index in [1.54, 1.807) is 25.1 Å². The van der Waals surface area contributed by atoms with E-state index in [9.17, 15) is 9.59 Å². The molecule has 0 spiro atoms. The highest BCUT2D eigenvalue weighted by Crippen LogP contribution is 2.36. The monoisotopic (exact) mass is 234 g/mol. The molecular formula is C12H14N2O3. The van der Waals surface area contributed by atoms with Gasteiger partial charge in [0.05, 0.1) is 0 Å². The molecule has 1 aliphatic carbocycles. The summed E-state index contributed by atoms with van der Waals surface area (Å²) in [4.78, 5) is 22.9. The number of hydrogen-bond donors (Lipinski definition) is 3. The molecule has 1 fully saturated rings. The maximum absolute atomic E-state index is 11.9. The molecule has 0 bridgehead atoms. The van der Waals surface area contributed by atoms with Crippen LogP contribution < -0.4 is 11.1 Å². The quantitative estimate of drug-likeness (QED) is 0.678. The second-order valence-electron chi connectivity index (χ2n) is 4.36. The van der Waals surface area contributed by atoms with E-state index in [2.05, 4.69) is 5.32 Å². The number of carboxylic acids is 1. The second-order valence-corrected chi connectivity index (χ2v) is 4.36. The third kappa shape index (κ3) is 1.95. The summed E-state index contributed by atoms with van der Waals surface area (Å²) in [6.45, 7) is 1.74. The Bertz CT molecular complexity index is 493.